The van der Waals surface area contributed by atoms with E-state index in [0.717, 1.165) is 35.6 Å². The van der Waals surface area contributed by atoms with Crippen LogP contribution in [-0.2, 0) is 0 Å². The van der Waals surface area contributed by atoms with Gasteiger partial charge in [-0.1, -0.05) is 47.8 Å². The van der Waals surface area contributed by atoms with Gasteiger partial charge in [-0.15, -0.1) is 0 Å². The molecule has 0 amide bonds. The van der Waals surface area contributed by atoms with Crippen LogP contribution < -0.4 is 0 Å². The summed E-state index contributed by atoms with van der Waals surface area (Å²) < 4.78 is 1.02. The molecule has 0 unspecified atom stereocenters. The number of likely N-dealkylation sites (tertiary alicyclic amines) is 1. The van der Waals surface area contributed by atoms with Crippen molar-refractivity contribution in [2.24, 2.45) is 5.92 Å². The fraction of sp³-hybridized carbons (Fsp3) is 0.588. The fourth-order valence-electron chi connectivity index (χ4n) is 2.95. The smallest absolute Gasteiger partial charge is 0.164 e. The van der Waals surface area contributed by atoms with Crippen LogP contribution in [0.25, 0.3) is 0 Å². The second-order valence-corrected chi connectivity index (χ2v) is 6.67. The number of rotatable bonds is 6. The molecule has 2 rings (SSSR count). The SMILES string of the molecule is CCCC1CCN(CCC(=O)c2ccc(Br)cc2)CC1. The van der Waals surface area contributed by atoms with E-state index in [1.165, 1.54) is 25.7 Å². The number of hydrogen-bond donors (Lipinski definition) is 0. The minimum absolute atomic E-state index is 0.258. The summed E-state index contributed by atoms with van der Waals surface area (Å²) in [6.45, 7) is 5.51. The summed E-state index contributed by atoms with van der Waals surface area (Å²) in [5.74, 6) is 1.17. The number of nitrogens with zero attached hydrogens (tertiary/aromatic N) is 1. The van der Waals surface area contributed by atoms with Crippen molar-refractivity contribution in [3.8, 4) is 0 Å². The number of ketones is 1. The topological polar surface area (TPSA) is 20.3 Å². The molecule has 1 aliphatic heterocycles. The zero-order valence-electron chi connectivity index (χ0n) is 12.3. The number of benzene rings is 1. The molecule has 0 aromatic heterocycles. The molecule has 1 aromatic carbocycles. The molecule has 1 saturated heterocycles. The van der Waals surface area contributed by atoms with Crippen LogP contribution >= 0.6 is 15.9 Å². The highest BCUT2D eigenvalue weighted by Crippen LogP contribution is 2.22. The van der Waals surface area contributed by atoms with Crippen molar-refractivity contribution in [2.75, 3.05) is 19.6 Å². The Balaban J connectivity index is 1.73. The van der Waals surface area contributed by atoms with Crippen LogP contribution in [0.15, 0.2) is 28.7 Å². The molecule has 1 aromatic rings. The molecule has 0 radical (unpaired) electrons. The highest BCUT2D eigenvalue weighted by Gasteiger charge is 2.19. The lowest BCUT2D eigenvalue weighted by atomic mass is 9.92. The lowest BCUT2D eigenvalue weighted by Crippen LogP contribution is -2.35. The van der Waals surface area contributed by atoms with Crippen molar-refractivity contribution in [1.82, 2.24) is 4.90 Å². The van der Waals surface area contributed by atoms with Gasteiger partial charge in [-0.25, -0.2) is 0 Å². The molecule has 0 atom stereocenters. The first-order valence-electron chi connectivity index (χ1n) is 7.70. The third-order valence-electron chi connectivity index (χ3n) is 4.23. The van der Waals surface area contributed by atoms with Gasteiger partial charge in [-0.3, -0.25) is 4.79 Å². The zero-order valence-corrected chi connectivity index (χ0v) is 13.9. The first-order valence-corrected chi connectivity index (χ1v) is 8.49. The van der Waals surface area contributed by atoms with E-state index in [9.17, 15) is 4.79 Å². The lowest BCUT2D eigenvalue weighted by Gasteiger charge is -2.31. The quantitative estimate of drug-likeness (QED) is 0.710. The highest BCUT2D eigenvalue weighted by atomic mass is 79.9. The molecule has 0 N–H and O–H groups in total. The van der Waals surface area contributed by atoms with Crippen LogP contribution in [0.3, 0.4) is 0 Å². The van der Waals surface area contributed by atoms with Gasteiger partial charge >= 0.3 is 0 Å². The van der Waals surface area contributed by atoms with Gasteiger partial charge in [0, 0.05) is 23.0 Å². The molecule has 0 spiro atoms. The molecule has 0 aliphatic carbocycles. The number of Topliss-reactive ketones (excluding diaryl/α,β-unsaturated/α-hetero) is 1. The predicted octanol–water partition coefficient (Wildman–Crippen LogP) is 4.53. The van der Waals surface area contributed by atoms with Gasteiger partial charge in [-0.2, -0.15) is 0 Å². The van der Waals surface area contributed by atoms with E-state index in [4.69, 9.17) is 0 Å². The van der Waals surface area contributed by atoms with Crippen LogP contribution in [0.2, 0.25) is 0 Å². The van der Waals surface area contributed by atoms with Crippen LogP contribution in [0, 0.1) is 5.92 Å². The standard InChI is InChI=1S/C17H24BrNO/c1-2-3-14-8-11-19(12-9-14)13-10-17(20)15-4-6-16(18)7-5-15/h4-7,14H,2-3,8-13H2,1H3. The molecule has 0 saturated carbocycles. The van der Waals surface area contributed by atoms with E-state index >= 15 is 0 Å². The van der Waals surface area contributed by atoms with Crippen molar-refractivity contribution >= 4 is 21.7 Å². The molecule has 1 fully saturated rings. The molecule has 20 heavy (non-hydrogen) atoms. The zero-order chi connectivity index (χ0) is 14.4. The summed E-state index contributed by atoms with van der Waals surface area (Å²) in [7, 11) is 0. The van der Waals surface area contributed by atoms with Gasteiger partial charge < -0.3 is 4.90 Å². The van der Waals surface area contributed by atoms with Gasteiger partial charge in [-0.05, 0) is 44.0 Å². The number of piperidine rings is 1. The van der Waals surface area contributed by atoms with Gasteiger partial charge in [0.15, 0.2) is 5.78 Å². The maximum absolute atomic E-state index is 12.1. The fourth-order valence-corrected chi connectivity index (χ4v) is 3.21. The second-order valence-electron chi connectivity index (χ2n) is 5.75. The van der Waals surface area contributed by atoms with Crippen molar-refractivity contribution in [1.29, 1.82) is 0 Å². The highest BCUT2D eigenvalue weighted by molar-refractivity contribution is 9.10. The second kappa shape index (κ2) is 7.94. The Labute approximate surface area is 130 Å². The average Bonchev–Trinajstić information content (AvgIpc) is 2.47. The molecular formula is C17H24BrNO. The van der Waals surface area contributed by atoms with E-state index in [-0.39, 0.29) is 5.78 Å². The van der Waals surface area contributed by atoms with Gasteiger partial charge in [0.2, 0.25) is 0 Å². The normalized spacial score (nSPS) is 17.3. The van der Waals surface area contributed by atoms with Crippen molar-refractivity contribution in [3.05, 3.63) is 34.3 Å². The summed E-state index contributed by atoms with van der Waals surface area (Å²) in [4.78, 5) is 14.6. The van der Waals surface area contributed by atoms with E-state index < -0.39 is 0 Å². The van der Waals surface area contributed by atoms with E-state index in [0.29, 0.717) is 6.42 Å². The van der Waals surface area contributed by atoms with Gasteiger partial charge in [0.25, 0.3) is 0 Å². The monoisotopic (exact) mass is 337 g/mol. The average molecular weight is 338 g/mol. The Kier molecular flexibility index (Phi) is 6.24. The summed E-state index contributed by atoms with van der Waals surface area (Å²) >= 11 is 3.39. The third-order valence-corrected chi connectivity index (χ3v) is 4.75. The lowest BCUT2D eigenvalue weighted by molar-refractivity contribution is 0.0950. The Morgan fingerprint density at radius 2 is 1.90 bits per heavy atom. The van der Waals surface area contributed by atoms with E-state index in [1.54, 1.807) is 0 Å². The Morgan fingerprint density at radius 3 is 2.50 bits per heavy atom. The Morgan fingerprint density at radius 1 is 1.25 bits per heavy atom. The van der Waals surface area contributed by atoms with Gasteiger partial charge in [0.05, 0.1) is 0 Å². The first-order chi connectivity index (χ1) is 9.69. The third kappa shape index (κ3) is 4.71. The summed E-state index contributed by atoms with van der Waals surface area (Å²) in [6.07, 6.45) is 5.92. The molecule has 3 heteroatoms. The molecule has 2 nitrogen and oxygen atoms in total. The Hall–Kier alpha value is -0.670. The predicted molar refractivity (Wildman–Crippen MR) is 87.2 cm³/mol. The van der Waals surface area contributed by atoms with Gasteiger partial charge in [0.1, 0.15) is 0 Å². The number of hydrogen-bond acceptors (Lipinski definition) is 2. The van der Waals surface area contributed by atoms with E-state index in [1.807, 2.05) is 24.3 Å². The molecular weight excluding hydrogens is 314 g/mol. The largest absolute Gasteiger partial charge is 0.303 e. The van der Waals surface area contributed by atoms with Crippen molar-refractivity contribution in [3.63, 3.8) is 0 Å². The molecule has 0 bridgehead atoms. The van der Waals surface area contributed by atoms with Crippen molar-refractivity contribution in [2.45, 2.75) is 39.0 Å². The van der Waals surface area contributed by atoms with Crippen LogP contribution in [0.5, 0.6) is 0 Å². The summed E-state index contributed by atoms with van der Waals surface area (Å²) in [6, 6.07) is 7.67. The maximum atomic E-state index is 12.1. The van der Waals surface area contributed by atoms with E-state index in [2.05, 4.69) is 27.8 Å². The Bertz CT molecular complexity index is 421. The number of carbonyl (C=O) groups excluding carboxylic acids is 1. The number of halogens is 1. The van der Waals surface area contributed by atoms with Crippen LogP contribution in [0.4, 0.5) is 0 Å². The number of carbonyl (C=O) groups is 1. The molecule has 110 valence electrons. The minimum Gasteiger partial charge on any atom is -0.303 e. The summed E-state index contributed by atoms with van der Waals surface area (Å²) in [5.41, 5.74) is 0.828. The van der Waals surface area contributed by atoms with Crippen LogP contribution in [0.1, 0.15) is 49.4 Å². The maximum Gasteiger partial charge on any atom is 0.164 e. The van der Waals surface area contributed by atoms with Crippen LogP contribution in [-0.4, -0.2) is 30.3 Å². The van der Waals surface area contributed by atoms with Crippen molar-refractivity contribution < 1.29 is 4.79 Å². The summed E-state index contributed by atoms with van der Waals surface area (Å²) in [5, 5.41) is 0. The molecule has 1 heterocycles. The molecule has 1 aliphatic rings. The first kappa shape index (κ1) is 15.7. The minimum atomic E-state index is 0.258.